The van der Waals surface area contributed by atoms with Crippen molar-refractivity contribution in [3.05, 3.63) is 57.8 Å². The number of hydrogen-bond acceptors (Lipinski definition) is 3. The van der Waals surface area contributed by atoms with E-state index in [2.05, 4.69) is 29.6 Å². The molecule has 0 saturated carbocycles. The van der Waals surface area contributed by atoms with Crippen LogP contribution in [0.3, 0.4) is 0 Å². The molecule has 0 bridgehead atoms. The summed E-state index contributed by atoms with van der Waals surface area (Å²) in [6.45, 7) is 5.58. The summed E-state index contributed by atoms with van der Waals surface area (Å²) < 4.78 is 0. The van der Waals surface area contributed by atoms with E-state index in [0.717, 1.165) is 37.2 Å². The Bertz CT molecular complexity index is 851. The predicted octanol–water partition coefficient (Wildman–Crippen LogP) is 4.32. The van der Waals surface area contributed by atoms with Gasteiger partial charge in [0, 0.05) is 25.6 Å². The monoisotopic (exact) mass is 396 g/mol. The van der Waals surface area contributed by atoms with Crippen LogP contribution in [-0.4, -0.2) is 35.8 Å². The first-order valence-corrected chi connectivity index (χ1v) is 11.1. The van der Waals surface area contributed by atoms with Gasteiger partial charge in [-0.05, 0) is 67.0 Å². The van der Waals surface area contributed by atoms with Crippen molar-refractivity contribution in [2.24, 2.45) is 0 Å². The van der Waals surface area contributed by atoms with Crippen molar-refractivity contribution in [2.75, 3.05) is 13.1 Å². The second-order valence-corrected chi connectivity index (χ2v) is 9.41. The van der Waals surface area contributed by atoms with E-state index in [1.54, 1.807) is 0 Å². The van der Waals surface area contributed by atoms with Gasteiger partial charge in [0.1, 0.15) is 0 Å². The number of carbonyl (C=O) groups excluding carboxylic acids is 2. The zero-order chi connectivity index (χ0) is 19.7. The molecule has 4 rings (SSSR count). The van der Waals surface area contributed by atoms with Crippen LogP contribution < -0.4 is 5.32 Å². The van der Waals surface area contributed by atoms with Crippen molar-refractivity contribution in [1.29, 1.82) is 0 Å². The SMILES string of the molecule is CC(C)NC(=O)CC1CC2(CCN(C(=O)c3cccs3)CC2)c2ccccc21. The number of carbonyl (C=O) groups is 2. The number of amides is 2. The molecule has 148 valence electrons. The van der Waals surface area contributed by atoms with E-state index >= 15 is 0 Å². The highest BCUT2D eigenvalue weighted by atomic mass is 32.1. The molecule has 1 aromatic heterocycles. The Kier molecular flexibility index (Phi) is 5.28. The molecule has 1 aromatic carbocycles. The minimum absolute atomic E-state index is 0.103. The van der Waals surface area contributed by atoms with Crippen LogP contribution in [0.1, 0.15) is 66.2 Å². The average Bonchev–Trinajstić information content (AvgIpc) is 3.30. The van der Waals surface area contributed by atoms with Gasteiger partial charge in [-0.2, -0.15) is 0 Å². The standard InChI is InChI=1S/C23H28N2O2S/c1-16(2)24-21(26)14-17-15-23(19-7-4-3-6-18(17)19)9-11-25(12-10-23)22(27)20-8-5-13-28-20/h3-8,13,16-17H,9-12,14-15H2,1-2H3,(H,24,26). The van der Waals surface area contributed by atoms with Crippen LogP contribution in [0.2, 0.25) is 0 Å². The topological polar surface area (TPSA) is 49.4 Å². The van der Waals surface area contributed by atoms with E-state index in [9.17, 15) is 9.59 Å². The predicted molar refractivity (Wildman–Crippen MR) is 113 cm³/mol. The van der Waals surface area contributed by atoms with Gasteiger partial charge < -0.3 is 10.2 Å². The van der Waals surface area contributed by atoms with Crippen molar-refractivity contribution in [3.63, 3.8) is 0 Å². The fourth-order valence-corrected chi connectivity index (χ4v) is 5.67. The van der Waals surface area contributed by atoms with Crippen LogP contribution in [-0.2, 0) is 10.2 Å². The van der Waals surface area contributed by atoms with Crippen molar-refractivity contribution in [1.82, 2.24) is 10.2 Å². The maximum absolute atomic E-state index is 12.7. The van der Waals surface area contributed by atoms with Crippen LogP contribution in [0.25, 0.3) is 0 Å². The van der Waals surface area contributed by atoms with E-state index < -0.39 is 0 Å². The molecule has 1 atom stereocenters. The Balaban J connectivity index is 1.49. The van der Waals surface area contributed by atoms with E-state index in [1.807, 2.05) is 36.3 Å². The highest BCUT2D eigenvalue weighted by Gasteiger charge is 2.46. The lowest BCUT2D eigenvalue weighted by atomic mass is 9.73. The molecule has 1 aliphatic carbocycles. The lowest BCUT2D eigenvalue weighted by Gasteiger charge is -2.40. The second kappa shape index (κ2) is 7.70. The smallest absolute Gasteiger partial charge is 0.263 e. The van der Waals surface area contributed by atoms with Crippen molar-refractivity contribution >= 4 is 23.2 Å². The van der Waals surface area contributed by atoms with E-state index in [-0.39, 0.29) is 29.2 Å². The summed E-state index contributed by atoms with van der Waals surface area (Å²) in [6, 6.07) is 12.6. The molecular formula is C23H28N2O2S. The fourth-order valence-electron chi connectivity index (χ4n) is 4.98. The molecule has 1 unspecified atom stereocenters. The molecule has 0 radical (unpaired) electrons. The number of nitrogens with one attached hydrogen (secondary N) is 1. The van der Waals surface area contributed by atoms with Crippen molar-refractivity contribution in [3.8, 4) is 0 Å². The van der Waals surface area contributed by atoms with Crippen LogP contribution in [0.15, 0.2) is 41.8 Å². The van der Waals surface area contributed by atoms with E-state index in [4.69, 9.17) is 0 Å². The van der Waals surface area contributed by atoms with Gasteiger partial charge in [-0.1, -0.05) is 30.3 Å². The minimum atomic E-state index is 0.103. The number of fused-ring (bicyclic) bond motifs is 2. The fraction of sp³-hybridized carbons (Fsp3) is 0.478. The number of nitrogens with zero attached hydrogens (tertiary/aromatic N) is 1. The molecule has 5 heteroatoms. The third-order valence-electron chi connectivity index (χ3n) is 6.23. The van der Waals surface area contributed by atoms with Gasteiger partial charge in [0.05, 0.1) is 4.88 Å². The highest BCUT2D eigenvalue weighted by Crippen LogP contribution is 2.52. The minimum Gasteiger partial charge on any atom is -0.354 e. The Hall–Kier alpha value is -2.14. The Morgan fingerprint density at radius 3 is 2.61 bits per heavy atom. The summed E-state index contributed by atoms with van der Waals surface area (Å²) in [5.41, 5.74) is 2.84. The maximum Gasteiger partial charge on any atom is 0.263 e. The number of thiophene rings is 1. The number of piperidine rings is 1. The molecule has 1 saturated heterocycles. The maximum atomic E-state index is 12.7. The van der Waals surface area contributed by atoms with Gasteiger partial charge in [-0.3, -0.25) is 9.59 Å². The Morgan fingerprint density at radius 2 is 1.93 bits per heavy atom. The van der Waals surface area contributed by atoms with Gasteiger partial charge in [-0.25, -0.2) is 0 Å². The zero-order valence-corrected chi connectivity index (χ0v) is 17.4. The molecule has 2 amide bonds. The number of likely N-dealkylation sites (tertiary alicyclic amines) is 1. The van der Waals surface area contributed by atoms with Gasteiger partial charge in [0.2, 0.25) is 5.91 Å². The summed E-state index contributed by atoms with van der Waals surface area (Å²) >= 11 is 1.51. The van der Waals surface area contributed by atoms with Gasteiger partial charge in [0.25, 0.3) is 5.91 Å². The number of hydrogen-bond donors (Lipinski definition) is 1. The van der Waals surface area contributed by atoms with E-state index in [0.29, 0.717) is 6.42 Å². The van der Waals surface area contributed by atoms with Gasteiger partial charge >= 0.3 is 0 Å². The first kappa shape index (κ1) is 19.2. The number of benzene rings is 1. The quantitative estimate of drug-likeness (QED) is 0.836. The van der Waals surface area contributed by atoms with Crippen LogP contribution in [0.4, 0.5) is 0 Å². The lowest BCUT2D eigenvalue weighted by molar-refractivity contribution is -0.122. The molecule has 2 aromatic rings. The highest BCUT2D eigenvalue weighted by molar-refractivity contribution is 7.12. The van der Waals surface area contributed by atoms with Crippen LogP contribution >= 0.6 is 11.3 Å². The molecule has 2 aliphatic rings. The Labute approximate surface area is 170 Å². The summed E-state index contributed by atoms with van der Waals surface area (Å²) in [4.78, 5) is 27.9. The summed E-state index contributed by atoms with van der Waals surface area (Å²) in [7, 11) is 0. The molecule has 1 spiro atoms. The second-order valence-electron chi connectivity index (χ2n) is 8.46. The molecule has 28 heavy (non-hydrogen) atoms. The third-order valence-corrected chi connectivity index (χ3v) is 7.09. The first-order valence-electron chi connectivity index (χ1n) is 10.2. The van der Waals surface area contributed by atoms with Gasteiger partial charge in [-0.15, -0.1) is 11.3 Å². The first-order chi connectivity index (χ1) is 13.5. The number of rotatable bonds is 4. The van der Waals surface area contributed by atoms with Crippen LogP contribution in [0, 0.1) is 0 Å². The molecule has 1 N–H and O–H groups in total. The Morgan fingerprint density at radius 1 is 1.18 bits per heavy atom. The summed E-state index contributed by atoms with van der Waals surface area (Å²) in [5, 5.41) is 5.00. The third kappa shape index (κ3) is 3.60. The summed E-state index contributed by atoms with van der Waals surface area (Å²) in [6.07, 6.45) is 3.51. The molecule has 1 fully saturated rings. The van der Waals surface area contributed by atoms with Crippen LogP contribution in [0.5, 0.6) is 0 Å². The zero-order valence-electron chi connectivity index (χ0n) is 16.6. The van der Waals surface area contributed by atoms with Crippen molar-refractivity contribution < 1.29 is 9.59 Å². The molecule has 4 nitrogen and oxygen atoms in total. The van der Waals surface area contributed by atoms with E-state index in [1.165, 1.54) is 22.5 Å². The average molecular weight is 397 g/mol. The van der Waals surface area contributed by atoms with Crippen molar-refractivity contribution in [2.45, 2.75) is 56.9 Å². The molecule has 1 aliphatic heterocycles. The normalized spacial score (nSPS) is 20.4. The summed E-state index contributed by atoms with van der Waals surface area (Å²) in [5.74, 6) is 0.565. The largest absolute Gasteiger partial charge is 0.354 e. The molecule has 2 heterocycles. The lowest BCUT2D eigenvalue weighted by Crippen LogP contribution is -2.44. The van der Waals surface area contributed by atoms with Gasteiger partial charge in [0.15, 0.2) is 0 Å². The molecular weight excluding hydrogens is 368 g/mol.